The van der Waals surface area contributed by atoms with E-state index >= 15 is 0 Å². The van der Waals surface area contributed by atoms with E-state index in [1.807, 2.05) is 11.8 Å². The van der Waals surface area contributed by atoms with Crippen molar-refractivity contribution >= 4 is 29.5 Å². The number of carboxylic acids is 1. The Labute approximate surface area is 168 Å². The van der Waals surface area contributed by atoms with Crippen LogP contribution in [0.1, 0.15) is 64.7 Å². The Morgan fingerprint density at radius 1 is 1.04 bits per heavy atom. The summed E-state index contributed by atoms with van der Waals surface area (Å²) in [6, 6.07) is 0. The van der Waals surface area contributed by atoms with Gasteiger partial charge in [-0.05, 0) is 74.0 Å². The standard InChI is InChI=1S/C21H36O3S2/c1-2-3-4-6-13-25-15-11-17-18(20-10-9-19(17)24-20)12-16-26-14-7-5-8-21(22)23/h4,6,17-20H,2-3,5,7-16H2,1H3,(H,22,23). The monoisotopic (exact) mass is 400 g/mol. The van der Waals surface area contributed by atoms with Crippen molar-refractivity contribution in [3.05, 3.63) is 12.2 Å². The summed E-state index contributed by atoms with van der Waals surface area (Å²) in [5, 5.41) is 8.67. The number of thioether (sulfide) groups is 2. The summed E-state index contributed by atoms with van der Waals surface area (Å²) < 4.78 is 6.23. The Bertz CT molecular complexity index is 427. The second-order valence-electron chi connectivity index (χ2n) is 7.49. The van der Waals surface area contributed by atoms with Gasteiger partial charge in [-0.2, -0.15) is 23.5 Å². The molecule has 2 heterocycles. The molecule has 0 aromatic carbocycles. The first-order chi connectivity index (χ1) is 12.7. The van der Waals surface area contributed by atoms with Gasteiger partial charge in [0.05, 0.1) is 12.2 Å². The van der Waals surface area contributed by atoms with Crippen LogP contribution in [-0.2, 0) is 9.53 Å². The van der Waals surface area contributed by atoms with E-state index in [-0.39, 0.29) is 0 Å². The first-order valence-electron chi connectivity index (χ1n) is 10.4. The average Bonchev–Trinajstić information content (AvgIpc) is 3.22. The molecule has 2 aliphatic rings. The molecule has 2 bridgehead atoms. The second kappa shape index (κ2) is 13.1. The number of aliphatic carboxylic acids is 1. The smallest absolute Gasteiger partial charge is 0.303 e. The number of carbonyl (C=O) groups is 1. The minimum absolute atomic E-state index is 0.314. The number of fused-ring (bicyclic) bond motifs is 2. The van der Waals surface area contributed by atoms with Crippen molar-refractivity contribution in [3.63, 3.8) is 0 Å². The lowest BCUT2D eigenvalue weighted by molar-refractivity contribution is -0.137. The third-order valence-corrected chi connectivity index (χ3v) is 7.60. The SMILES string of the molecule is CCCC=CCSCCC1C2CCC(O2)C1CCSCCCCC(=O)O. The molecule has 150 valence electrons. The molecule has 0 aromatic heterocycles. The van der Waals surface area contributed by atoms with Gasteiger partial charge in [-0.25, -0.2) is 0 Å². The van der Waals surface area contributed by atoms with Crippen LogP contribution < -0.4 is 0 Å². The van der Waals surface area contributed by atoms with Crippen LogP contribution in [0.3, 0.4) is 0 Å². The van der Waals surface area contributed by atoms with Gasteiger partial charge in [0.25, 0.3) is 0 Å². The number of unbranched alkanes of at least 4 members (excludes halogenated alkanes) is 2. The molecule has 1 N–H and O–H groups in total. The fourth-order valence-electron chi connectivity index (χ4n) is 4.20. The molecule has 2 rings (SSSR count). The minimum Gasteiger partial charge on any atom is -0.481 e. The summed E-state index contributed by atoms with van der Waals surface area (Å²) in [5.41, 5.74) is 0. The largest absolute Gasteiger partial charge is 0.481 e. The zero-order valence-corrected chi connectivity index (χ0v) is 17.9. The quantitative estimate of drug-likeness (QED) is 0.285. The van der Waals surface area contributed by atoms with Gasteiger partial charge in [0.2, 0.25) is 0 Å². The molecule has 2 saturated heterocycles. The highest BCUT2D eigenvalue weighted by atomic mass is 32.2. The van der Waals surface area contributed by atoms with Crippen LogP contribution in [0.25, 0.3) is 0 Å². The highest BCUT2D eigenvalue weighted by molar-refractivity contribution is 7.99. The van der Waals surface area contributed by atoms with Crippen LogP contribution in [0.4, 0.5) is 0 Å². The maximum atomic E-state index is 10.5. The van der Waals surface area contributed by atoms with Crippen molar-refractivity contribution in [2.75, 3.05) is 23.0 Å². The molecule has 3 nitrogen and oxygen atoms in total. The van der Waals surface area contributed by atoms with Crippen molar-refractivity contribution in [3.8, 4) is 0 Å². The van der Waals surface area contributed by atoms with Gasteiger partial charge in [-0.3, -0.25) is 4.79 Å². The van der Waals surface area contributed by atoms with Crippen LogP contribution in [-0.4, -0.2) is 46.3 Å². The number of hydrogen-bond donors (Lipinski definition) is 1. The fraction of sp³-hybridized carbons (Fsp3) is 0.857. The maximum absolute atomic E-state index is 10.5. The van der Waals surface area contributed by atoms with E-state index in [1.165, 1.54) is 50.0 Å². The lowest BCUT2D eigenvalue weighted by Crippen LogP contribution is -2.28. The summed E-state index contributed by atoms with van der Waals surface area (Å²) >= 11 is 4.06. The van der Waals surface area contributed by atoms with Gasteiger partial charge in [0.1, 0.15) is 0 Å². The third kappa shape index (κ3) is 7.85. The molecule has 4 unspecified atom stereocenters. The van der Waals surface area contributed by atoms with Gasteiger partial charge in [0.15, 0.2) is 0 Å². The van der Waals surface area contributed by atoms with E-state index < -0.39 is 5.97 Å². The molecule has 4 atom stereocenters. The molecule has 0 saturated carbocycles. The number of rotatable bonds is 15. The van der Waals surface area contributed by atoms with Crippen molar-refractivity contribution < 1.29 is 14.6 Å². The molecule has 0 spiro atoms. The Kier molecular flexibility index (Phi) is 11.2. The van der Waals surface area contributed by atoms with Gasteiger partial charge >= 0.3 is 5.97 Å². The van der Waals surface area contributed by atoms with Crippen LogP contribution >= 0.6 is 23.5 Å². The Balaban J connectivity index is 1.58. The van der Waals surface area contributed by atoms with Crippen molar-refractivity contribution in [1.82, 2.24) is 0 Å². The number of ether oxygens (including phenoxy) is 1. The summed E-state index contributed by atoms with van der Waals surface area (Å²) in [6.07, 6.45) is 15.4. The highest BCUT2D eigenvalue weighted by Crippen LogP contribution is 2.47. The lowest BCUT2D eigenvalue weighted by atomic mass is 9.76. The maximum Gasteiger partial charge on any atom is 0.303 e. The third-order valence-electron chi connectivity index (χ3n) is 5.55. The first kappa shape index (κ1) is 22.2. The van der Waals surface area contributed by atoms with E-state index in [1.54, 1.807) is 0 Å². The minimum atomic E-state index is -0.671. The zero-order valence-electron chi connectivity index (χ0n) is 16.2. The summed E-state index contributed by atoms with van der Waals surface area (Å²) in [5.74, 6) is 5.57. The second-order valence-corrected chi connectivity index (χ2v) is 9.87. The molecular weight excluding hydrogens is 364 g/mol. The molecule has 0 radical (unpaired) electrons. The average molecular weight is 401 g/mol. The molecule has 0 amide bonds. The summed E-state index contributed by atoms with van der Waals surface area (Å²) in [7, 11) is 0. The number of hydrogen-bond acceptors (Lipinski definition) is 4. The molecule has 0 aromatic rings. The van der Waals surface area contributed by atoms with Gasteiger partial charge < -0.3 is 9.84 Å². The number of carboxylic acid groups (broad SMARTS) is 1. The highest BCUT2D eigenvalue weighted by Gasteiger charge is 2.47. The predicted octanol–water partition coefficient (Wildman–Crippen LogP) is 5.64. The van der Waals surface area contributed by atoms with Crippen molar-refractivity contribution in [1.29, 1.82) is 0 Å². The normalized spacial score (nSPS) is 27.6. The van der Waals surface area contributed by atoms with E-state index in [0.29, 0.717) is 18.6 Å². The van der Waals surface area contributed by atoms with E-state index in [2.05, 4.69) is 30.8 Å². The van der Waals surface area contributed by atoms with Crippen molar-refractivity contribution in [2.45, 2.75) is 76.9 Å². The van der Waals surface area contributed by atoms with E-state index in [0.717, 1.165) is 36.2 Å². The van der Waals surface area contributed by atoms with Crippen LogP contribution in [0, 0.1) is 11.8 Å². The lowest BCUT2D eigenvalue weighted by Gasteiger charge is -2.28. The van der Waals surface area contributed by atoms with Crippen LogP contribution in [0.2, 0.25) is 0 Å². The zero-order chi connectivity index (χ0) is 18.6. The molecule has 2 aliphatic heterocycles. The summed E-state index contributed by atoms with van der Waals surface area (Å²) in [4.78, 5) is 10.5. The fourth-order valence-corrected chi connectivity index (χ4v) is 6.12. The molecule has 26 heavy (non-hydrogen) atoms. The molecule has 2 fully saturated rings. The Morgan fingerprint density at radius 2 is 1.73 bits per heavy atom. The van der Waals surface area contributed by atoms with Gasteiger partial charge in [-0.1, -0.05) is 25.5 Å². The molecular formula is C21H36O3S2. The number of allylic oxidation sites excluding steroid dienone is 1. The van der Waals surface area contributed by atoms with Gasteiger partial charge in [0, 0.05) is 12.2 Å². The topological polar surface area (TPSA) is 46.5 Å². The predicted molar refractivity (Wildman–Crippen MR) is 114 cm³/mol. The van der Waals surface area contributed by atoms with Crippen LogP contribution in [0.5, 0.6) is 0 Å². The van der Waals surface area contributed by atoms with E-state index in [4.69, 9.17) is 9.84 Å². The Morgan fingerprint density at radius 3 is 2.38 bits per heavy atom. The Hall–Kier alpha value is -0.130. The molecule has 5 heteroatoms. The van der Waals surface area contributed by atoms with E-state index in [9.17, 15) is 4.79 Å². The molecule has 0 aliphatic carbocycles. The first-order valence-corrected chi connectivity index (χ1v) is 12.7. The van der Waals surface area contributed by atoms with Crippen LogP contribution in [0.15, 0.2) is 12.2 Å². The van der Waals surface area contributed by atoms with Gasteiger partial charge in [-0.15, -0.1) is 0 Å². The summed E-state index contributed by atoms with van der Waals surface area (Å²) in [6.45, 7) is 2.22. The van der Waals surface area contributed by atoms with Crippen molar-refractivity contribution in [2.24, 2.45) is 11.8 Å².